The molecule has 1 aromatic heterocycles. The van der Waals surface area contributed by atoms with Crippen LogP contribution < -0.4 is 10.6 Å². The minimum Gasteiger partial charge on any atom is -0.308 e. The van der Waals surface area contributed by atoms with E-state index in [1.54, 1.807) is 22.9 Å². The molecule has 0 saturated heterocycles. The molecule has 0 aliphatic carbocycles. The first-order chi connectivity index (χ1) is 15.7. The minimum absolute atomic E-state index is 0.172. The maximum atomic E-state index is 13.1. The Bertz CT molecular complexity index is 1190. The Hall–Kier alpha value is -4.21. The molecule has 1 heterocycles. The largest absolute Gasteiger partial charge is 0.308 e. The number of anilines is 1. The normalized spacial score (nSPS) is 11.5. The number of aromatic nitrogens is 2. The van der Waals surface area contributed by atoms with Crippen LogP contribution in [-0.4, -0.2) is 22.2 Å². The van der Waals surface area contributed by atoms with E-state index in [2.05, 4.69) is 21.8 Å². The second-order valence-corrected chi connectivity index (χ2v) is 7.33. The molecule has 0 aliphatic rings. The van der Waals surface area contributed by atoms with Crippen LogP contribution in [0.4, 0.5) is 5.82 Å². The van der Waals surface area contributed by atoms with E-state index in [9.17, 15) is 4.79 Å². The number of carbonyl (C=O) groups is 1. The highest BCUT2D eigenvalue weighted by molar-refractivity contribution is 5.94. The maximum absolute atomic E-state index is 13.1. The van der Waals surface area contributed by atoms with Crippen LogP contribution in [0, 0.1) is 11.3 Å². The van der Waals surface area contributed by atoms with Crippen molar-refractivity contribution >= 4 is 11.7 Å². The van der Waals surface area contributed by atoms with Gasteiger partial charge in [-0.1, -0.05) is 60.7 Å². The molecular weight excluding hydrogens is 398 g/mol. The summed E-state index contributed by atoms with van der Waals surface area (Å²) in [5.41, 5.74) is 3.55. The van der Waals surface area contributed by atoms with Gasteiger partial charge in [0, 0.05) is 18.8 Å². The van der Waals surface area contributed by atoms with E-state index in [-0.39, 0.29) is 5.91 Å². The molecule has 2 N–H and O–H groups in total. The maximum Gasteiger partial charge on any atom is 0.247 e. The molecule has 0 bridgehead atoms. The standard InChI is InChI=1S/C26H23N5O/c27-19-21-13-11-20(12-14-21)15-17-28-25(22-7-3-1-4-8-22)26(32)29-24-16-18-31(30-24)23-9-5-2-6-10-23/h1-14,16,18,25,28H,15,17H2,(H,29,30,32)/t25-/m1/s1. The Labute approximate surface area is 187 Å². The Balaban J connectivity index is 1.43. The fourth-order valence-corrected chi connectivity index (χ4v) is 3.43. The number of nitrogens with zero attached hydrogens (tertiary/aromatic N) is 3. The van der Waals surface area contributed by atoms with E-state index in [0.717, 1.165) is 23.2 Å². The minimum atomic E-state index is -0.517. The number of rotatable bonds is 8. The molecule has 0 unspecified atom stereocenters. The Morgan fingerprint density at radius 1 is 0.938 bits per heavy atom. The lowest BCUT2D eigenvalue weighted by Gasteiger charge is -2.18. The first-order valence-electron chi connectivity index (χ1n) is 10.4. The molecule has 0 spiro atoms. The van der Waals surface area contributed by atoms with Crippen molar-refractivity contribution in [2.45, 2.75) is 12.5 Å². The summed E-state index contributed by atoms with van der Waals surface area (Å²) < 4.78 is 1.73. The predicted molar refractivity (Wildman–Crippen MR) is 124 cm³/mol. The molecule has 0 radical (unpaired) electrons. The van der Waals surface area contributed by atoms with E-state index >= 15 is 0 Å². The number of carbonyl (C=O) groups excluding carboxylic acids is 1. The summed E-state index contributed by atoms with van der Waals surface area (Å²) in [7, 11) is 0. The number of para-hydroxylation sites is 1. The van der Waals surface area contributed by atoms with Crippen molar-refractivity contribution < 1.29 is 4.79 Å². The van der Waals surface area contributed by atoms with Gasteiger partial charge in [0.05, 0.1) is 17.3 Å². The van der Waals surface area contributed by atoms with Crippen LogP contribution in [0.1, 0.15) is 22.7 Å². The van der Waals surface area contributed by atoms with Crippen LogP contribution in [0.3, 0.4) is 0 Å². The van der Waals surface area contributed by atoms with Gasteiger partial charge < -0.3 is 10.6 Å². The van der Waals surface area contributed by atoms with Crippen LogP contribution in [0.2, 0.25) is 0 Å². The number of nitriles is 1. The summed E-state index contributed by atoms with van der Waals surface area (Å²) in [5.74, 6) is 0.322. The molecular formula is C26H23N5O. The quantitative estimate of drug-likeness (QED) is 0.445. The van der Waals surface area contributed by atoms with E-state index < -0.39 is 6.04 Å². The second-order valence-electron chi connectivity index (χ2n) is 7.33. The van der Waals surface area contributed by atoms with Crippen molar-refractivity contribution in [3.05, 3.63) is 114 Å². The average molecular weight is 422 g/mol. The zero-order valence-corrected chi connectivity index (χ0v) is 17.5. The van der Waals surface area contributed by atoms with Gasteiger partial charge >= 0.3 is 0 Å². The van der Waals surface area contributed by atoms with Gasteiger partial charge in [-0.3, -0.25) is 4.79 Å². The summed E-state index contributed by atoms with van der Waals surface area (Å²) in [6, 6.07) is 30.2. The highest BCUT2D eigenvalue weighted by Crippen LogP contribution is 2.17. The molecule has 6 nitrogen and oxygen atoms in total. The molecule has 158 valence electrons. The molecule has 1 atom stereocenters. The smallest absolute Gasteiger partial charge is 0.247 e. The molecule has 0 aliphatic heterocycles. The number of amides is 1. The van der Waals surface area contributed by atoms with Crippen molar-refractivity contribution in [1.29, 1.82) is 5.26 Å². The monoisotopic (exact) mass is 421 g/mol. The third kappa shape index (κ3) is 5.28. The number of benzene rings is 3. The van der Waals surface area contributed by atoms with Gasteiger partial charge in [-0.25, -0.2) is 4.68 Å². The highest BCUT2D eigenvalue weighted by Gasteiger charge is 2.20. The van der Waals surface area contributed by atoms with Gasteiger partial charge in [-0.05, 0) is 41.8 Å². The first kappa shape index (κ1) is 21.0. The van der Waals surface area contributed by atoms with Gasteiger partial charge in [0.25, 0.3) is 0 Å². The summed E-state index contributed by atoms with van der Waals surface area (Å²) in [5, 5.41) is 19.7. The van der Waals surface area contributed by atoms with Gasteiger partial charge in [-0.15, -0.1) is 0 Å². The molecule has 0 saturated carbocycles. The van der Waals surface area contributed by atoms with Gasteiger partial charge in [0.15, 0.2) is 5.82 Å². The second kappa shape index (κ2) is 10.2. The van der Waals surface area contributed by atoms with Gasteiger partial charge in [0.1, 0.15) is 6.04 Å². The SMILES string of the molecule is N#Cc1ccc(CCN[C@@H](C(=O)Nc2ccn(-c3ccccc3)n2)c2ccccc2)cc1. The zero-order chi connectivity index (χ0) is 22.2. The van der Waals surface area contributed by atoms with Crippen LogP contribution >= 0.6 is 0 Å². The fourth-order valence-electron chi connectivity index (χ4n) is 3.43. The van der Waals surface area contributed by atoms with E-state index in [0.29, 0.717) is 17.9 Å². The summed E-state index contributed by atoms with van der Waals surface area (Å²) in [6.07, 6.45) is 2.56. The van der Waals surface area contributed by atoms with Crippen molar-refractivity contribution in [3.63, 3.8) is 0 Å². The molecule has 1 amide bonds. The van der Waals surface area contributed by atoms with Gasteiger partial charge in [-0.2, -0.15) is 10.4 Å². The summed E-state index contributed by atoms with van der Waals surface area (Å²) in [6.45, 7) is 0.608. The van der Waals surface area contributed by atoms with E-state index in [1.807, 2.05) is 79.0 Å². The third-order valence-corrected chi connectivity index (χ3v) is 5.10. The molecule has 0 fully saturated rings. The third-order valence-electron chi connectivity index (χ3n) is 5.10. The lowest BCUT2D eigenvalue weighted by atomic mass is 10.1. The molecule has 32 heavy (non-hydrogen) atoms. The molecule has 4 rings (SSSR count). The number of nitrogens with one attached hydrogen (secondary N) is 2. The molecule has 4 aromatic rings. The lowest BCUT2D eigenvalue weighted by Crippen LogP contribution is -2.34. The zero-order valence-electron chi connectivity index (χ0n) is 17.5. The van der Waals surface area contributed by atoms with Crippen molar-refractivity contribution in [1.82, 2.24) is 15.1 Å². The van der Waals surface area contributed by atoms with Crippen LogP contribution in [0.5, 0.6) is 0 Å². The molecule has 6 heteroatoms. The fraction of sp³-hybridized carbons (Fsp3) is 0.115. The summed E-state index contributed by atoms with van der Waals surface area (Å²) in [4.78, 5) is 13.1. The van der Waals surface area contributed by atoms with Crippen molar-refractivity contribution in [2.75, 3.05) is 11.9 Å². The average Bonchev–Trinajstić information content (AvgIpc) is 3.31. The van der Waals surface area contributed by atoms with E-state index in [4.69, 9.17) is 5.26 Å². The lowest BCUT2D eigenvalue weighted by molar-refractivity contribution is -0.118. The Kier molecular flexibility index (Phi) is 6.71. The van der Waals surface area contributed by atoms with Crippen LogP contribution in [0.15, 0.2) is 97.2 Å². The summed E-state index contributed by atoms with van der Waals surface area (Å²) >= 11 is 0. The topological polar surface area (TPSA) is 82.7 Å². The molecule has 3 aromatic carbocycles. The first-order valence-corrected chi connectivity index (χ1v) is 10.4. The van der Waals surface area contributed by atoms with Crippen LogP contribution in [0.25, 0.3) is 5.69 Å². The van der Waals surface area contributed by atoms with E-state index in [1.165, 1.54) is 0 Å². The van der Waals surface area contributed by atoms with Gasteiger partial charge in [0.2, 0.25) is 5.91 Å². The highest BCUT2D eigenvalue weighted by atomic mass is 16.2. The number of hydrogen-bond acceptors (Lipinski definition) is 4. The Morgan fingerprint density at radius 2 is 1.62 bits per heavy atom. The van der Waals surface area contributed by atoms with Crippen molar-refractivity contribution in [2.24, 2.45) is 0 Å². The predicted octanol–water partition coefficient (Wildman–Crippen LogP) is 4.26. The van der Waals surface area contributed by atoms with Crippen LogP contribution in [-0.2, 0) is 11.2 Å². The van der Waals surface area contributed by atoms with Crippen molar-refractivity contribution in [3.8, 4) is 11.8 Å². The Morgan fingerprint density at radius 3 is 2.31 bits per heavy atom. The number of hydrogen-bond donors (Lipinski definition) is 2.